The zero-order chi connectivity index (χ0) is 10.9. The first-order valence-corrected chi connectivity index (χ1v) is 6.54. The van der Waals surface area contributed by atoms with E-state index in [0.717, 1.165) is 10.6 Å². The van der Waals surface area contributed by atoms with Crippen molar-refractivity contribution in [3.8, 4) is 5.75 Å². The van der Waals surface area contributed by atoms with Gasteiger partial charge in [0.05, 0.1) is 13.2 Å². The quantitative estimate of drug-likeness (QED) is 0.419. The minimum atomic E-state index is 0.529. The molecule has 0 aliphatic heterocycles. The molecular weight excluding hydrogens is 232 g/mol. The Morgan fingerprint density at radius 2 is 2.00 bits per heavy atom. The lowest BCUT2D eigenvalue weighted by Gasteiger charge is -2.09. The van der Waals surface area contributed by atoms with Crippen molar-refractivity contribution in [2.75, 3.05) is 32.0 Å². The predicted molar refractivity (Wildman–Crippen MR) is 65.3 cm³/mol. The zero-order valence-corrected chi connectivity index (χ0v) is 10.3. The molecule has 0 aliphatic carbocycles. The Hall–Kier alpha value is -0.380. The molecule has 0 spiro atoms. The number of halogens is 1. The minimum absolute atomic E-state index is 0.529. The molecule has 0 radical (unpaired) electrons. The molecule has 0 atom stereocenters. The molecule has 0 unspecified atom stereocenters. The highest BCUT2D eigenvalue weighted by atomic mass is 35.5. The lowest BCUT2D eigenvalue weighted by atomic mass is 10.3. The van der Waals surface area contributed by atoms with Crippen molar-refractivity contribution in [1.82, 2.24) is 0 Å². The van der Waals surface area contributed by atoms with Crippen molar-refractivity contribution in [2.45, 2.75) is 4.90 Å². The summed E-state index contributed by atoms with van der Waals surface area (Å²) in [5, 5.41) is 0. The van der Waals surface area contributed by atoms with Crippen molar-refractivity contribution in [1.29, 1.82) is 0 Å². The van der Waals surface area contributed by atoms with Gasteiger partial charge in [0.15, 0.2) is 0 Å². The van der Waals surface area contributed by atoms with Crippen molar-refractivity contribution in [3.63, 3.8) is 0 Å². The number of para-hydroxylation sites is 1. The smallest absolute Gasteiger partial charge is 0.132 e. The van der Waals surface area contributed by atoms with Crippen LogP contribution in [0.25, 0.3) is 0 Å². The maximum absolute atomic E-state index is 5.59. The van der Waals surface area contributed by atoms with E-state index in [-0.39, 0.29) is 0 Å². The second-order valence-electron chi connectivity index (χ2n) is 2.80. The van der Waals surface area contributed by atoms with Crippen LogP contribution in [-0.2, 0) is 4.74 Å². The van der Waals surface area contributed by atoms with Gasteiger partial charge in [0, 0.05) is 10.8 Å². The van der Waals surface area contributed by atoms with Gasteiger partial charge >= 0.3 is 0 Å². The molecule has 0 bridgehead atoms. The van der Waals surface area contributed by atoms with E-state index in [9.17, 15) is 0 Å². The summed E-state index contributed by atoms with van der Waals surface area (Å²) in [4.78, 5) is 1.15. The average Bonchev–Trinajstić information content (AvgIpc) is 2.29. The topological polar surface area (TPSA) is 18.5 Å². The van der Waals surface area contributed by atoms with E-state index < -0.39 is 0 Å². The molecule has 84 valence electrons. The van der Waals surface area contributed by atoms with E-state index >= 15 is 0 Å². The largest absolute Gasteiger partial charge is 0.490 e. The third-order valence-electron chi connectivity index (χ3n) is 1.78. The summed E-state index contributed by atoms with van der Waals surface area (Å²) in [6.45, 7) is 1.72. The summed E-state index contributed by atoms with van der Waals surface area (Å²) >= 11 is 7.15. The Balaban J connectivity index is 2.30. The summed E-state index contributed by atoms with van der Waals surface area (Å²) in [6.07, 6.45) is 2.03. The van der Waals surface area contributed by atoms with Gasteiger partial charge in [-0.1, -0.05) is 12.1 Å². The van der Waals surface area contributed by atoms with Crippen LogP contribution < -0.4 is 4.74 Å². The van der Waals surface area contributed by atoms with Crippen LogP contribution in [0.4, 0.5) is 0 Å². The van der Waals surface area contributed by atoms with Crippen LogP contribution in [0.15, 0.2) is 29.2 Å². The summed E-state index contributed by atoms with van der Waals surface area (Å²) in [6, 6.07) is 7.98. The molecule has 0 aromatic heterocycles. The van der Waals surface area contributed by atoms with Crippen molar-refractivity contribution in [2.24, 2.45) is 0 Å². The molecule has 1 aromatic carbocycles. The predicted octanol–water partition coefficient (Wildman–Crippen LogP) is 3.04. The Labute approximate surface area is 99.9 Å². The molecule has 2 nitrogen and oxygen atoms in total. The fraction of sp³-hybridized carbons (Fsp3) is 0.455. The van der Waals surface area contributed by atoms with Crippen LogP contribution in [0, 0.1) is 0 Å². The van der Waals surface area contributed by atoms with Gasteiger partial charge in [-0.05, 0) is 18.4 Å². The maximum atomic E-state index is 5.59. The fourth-order valence-electron chi connectivity index (χ4n) is 1.11. The van der Waals surface area contributed by atoms with Gasteiger partial charge in [0.1, 0.15) is 12.4 Å². The number of hydrogen-bond donors (Lipinski definition) is 0. The number of ether oxygens (including phenoxy) is 2. The summed E-state index contributed by atoms with van der Waals surface area (Å²) < 4.78 is 10.8. The summed E-state index contributed by atoms with van der Waals surface area (Å²) in [7, 11) is 0. The molecular formula is C11H15ClO2S. The molecule has 1 rings (SSSR count). The molecule has 0 heterocycles. The van der Waals surface area contributed by atoms with E-state index in [2.05, 4.69) is 0 Å². The third-order valence-corrected chi connectivity index (χ3v) is 2.71. The van der Waals surface area contributed by atoms with E-state index in [1.807, 2.05) is 30.5 Å². The van der Waals surface area contributed by atoms with Crippen LogP contribution >= 0.6 is 23.4 Å². The first-order valence-electron chi connectivity index (χ1n) is 4.78. The SMILES string of the molecule is CSc1ccccc1OCCOCCCl. The number of benzene rings is 1. The van der Waals surface area contributed by atoms with Crippen LogP contribution in [0.5, 0.6) is 5.75 Å². The fourth-order valence-corrected chi connectivity index (χ4v) is 1.76. The minimum Gasteiger partial charge on any atom is -0.490 e. The van der Waals surface area contributed by atoms with Crippen molar-refractivity contribution >= 4 is 23.4 Å². The van der Waals surface area contributed by atoms with Crippen LogP contribution in [0.3, 0.4) is 0 Å². The number of alkyl halides is 1. The summed E-state index contributed by atoms with van der Waals surface area (Å²) in [5.74, 6) is 1.45. The molecule has 0 aliphatic rings. The molecule has 4 heteroatoms. The zero-order valence-electron chi connectivity index (χ0n) is 8.74. The Morgan fingerprint density at radius 3 is 2.73 bits per heavy atom. The number of rotatable bonds is 7. The Kier molecular flexibility index (Phi) is 6.64. The molecule has 0 N–H and O–H groups in total. The normalized spacial score (nSPS) is 10.3. The van der Waals surface area contributed by atoms with Gasteiger partial charge in [0.25, 0.3) is 0 Å². The van der Waals surface area contributed by atoms with Gasteiger partial charge in [0.2, 0.25) is 0 Å². The van der Waals surface area contributed by atoms with Gasteiger partial charge in [-0.3, -0.25) is 0 Å². The van der Waals surface area contributed by atoms with Gasteiger partial charge in [-0.15, -0.1) is 23.4 Å². The van der Waals surface area contributed by atoms with E-state index in [1.54, 1.807) is 11.8 Å². The first kappa shape index (κ1) is 12.7. The van der Waals surface area contributed by atoms with Crippen molar-refractivity contribution in [3.05, 3.63) is 24.3 Å². The monoisotopic (exact) mass is 246 g/mol. The molecule has 0 fully saturated rings. The Morgan fingerprint density at radius 1 is 1.20 bits per heavy atom. The van der Waals surface area contributed by atoms with Crippen LogP contribution in [0.1, 0.15) is 0 Å². The second-order valence-corrected chi connectivity index (χ2v) is 4.03. The maximum Gasteiger partial charge on any atom is 0.132 e. The molecule has 15 heavy (non-hydrogen) atoms. The van der Waals surface area contributed by atoms with E-state index in [4.69, 9.17) is 21.1 Å². The number of thioether (sulfide) groups is 1. The second kappa shape index (κ2) is 7.85. The molecule has 0 amide bonds. The lowest BCUT2D eigenvalue weighted by molar-refractivity contribution is 0.110. The van der Waals surface area contributed by atoms with Crippen LogP contribution in [0.2, 0.25) is 0 Å². The molecule has 0 saturated heterocycles. The third kappa shape index (κ3) is 4.78. The average molecular weight is 247 g/mol. The summed E-state index contributed by atoms with van der Waals surface area (Å²) in [5.41, 5.74) is 0. The van der Waals surface area contributed by atoms with Gasteiger partial charge in [-0.25, -0.2) is 0 Å². The highest BCUT2D eigenvalue weighted by Gasteiger charge is 2.00. The van der Waals surface area contributed by atoms with Crippen molar-refractivity contribution < 1.29 is 9.47 Å². The molecule has 1 aromatic rings. The number of hydrogen-bond acceptors (Lipinski definition) is 3. The van der Waals surface area contributed by atoms with Gasteiger partial charge in [-0.2, -0.15) is 0 Å². The lowest BCUT2D eigenvalue weighted by Crippen LogP contribution is -2.08. The van der Waals surface area contributed by atoms with E-state index in [1.165, 1.54) is 0 Å². The highest BCUT2D eigenvalue weighted by Crippen LogP contribution is 2.26. The first-order chi connectivity index (χ1) is 7.38. The Bertz CT molecular complexity index is 281. The standard InChI is InChI=1S/C11H15ClO2S/c1-15-11-5-3-2-4-10(11)14-9-8-13-7-6-12/h2-5H,6-9H2,1H3. The van der Waals surface area contributed by atoms with E-state index in [0.29, 0.717) is 25.7 Å². The molecule has 0 saturated carbocycles. The van der Waals surface area contributed by atoms with Gasteiger partial charge < -0.3 is 9.47 Å². The van der Waals surface area contributed by atoms with Crippen LogP contribution in [-0.4, -0.2) is 32.0 Å². The highest BCUT2D eigenvalue weighted by molar-refractivity contribution is 7.98.